The molecule has 1 saturated carbocycles. The third-order valence-corrected chi connectivity index (χ3v) is 2.97. The molecule has 1 heterocycles. The van der Waals surface area contributed by atoms with Crippen molar-refractivity contribution in [2.24, 2.45) is 5.92 Å². The highest BCUT2D eigenvalue weighted by Gasteiger charge is 2.31. The van der Waals surface area contributed by atoms with Gasteiger partial charge in [0.1, 0.15) is 0 Å². The van der Waals surface area contributed by atoms with Gasteiger partial charge in [-0.3, -0.25) is 0 Å². The smallest absolute Gasteiger partial charge is 0.0887 e. The van der Waals surface area contributed by atoms with Gasteiger partial charge in [0.25, 0.3) is 0 Å². The third kappa shape index (κ3) is 0.983. The fourth-order valence-electron chi connectivity index (χ4n) is 2.45. The summed E-state index contributed by atoms with van der Waals surface area (Å²) in [5.41, 5.74) is 0. The standard InChI is InChI=1S/C8H15N/c1-3-7-4-2-6-9-8(7)5-1/h7-9H,1-6H2/p+1/t7-,8+/m1/s1. The fourth-order valence-corrected chi connectivity index (χ4v) is 2.45. The van der Waals surface area contributed by atoms with E-state index in [4.69, 9.17) is 0 Å². The van der Waals surface area contributed by atoms with Crippen LogP contribution in [0.15, 0.2) is 0 Å². The second-order valence-corrected chi connectivity index (χ2v) is 3.52. The summed E-state index contributed by atoms with van der Waals surface area (Å²) in [5.74, 6) is 1.11. The summed E-state index contributed by atoms with van der Waals surface area (Å²) in [6.07, 6.45) is 7.54. The van der Waals surface area contributed by atoms with Crippen molar-refractivity contribution in [2.75, 3.05) is 6.54 Å². The van der Waals surface area contributed by atoms with Gasteiger partial charge in [0, 0.05) is 5.92 Å². The first kappa shape index (κ1) is 5.72. The van der Waals surface area contributed by atoms with Gasteiger partial charge in [-0.1, -0.05) is 0 Å². The van der Waals surface area contributed by atoms with Crippen LogP contribution in [0.25, 0.3) is 0 Å². The van der Waals surface area contributed by atoms with Crippen LogP contribution in [-0.4, -0.2) is 12.6 Å². The first-order chi connectivity index (χ1) is 4.47. The summed E-state index contributed by atoms with van der Waals surface area (Å²) in [6, 6.07) is 1.04. The number of nitrogens with two attached hydrogens (primary N) is 1. The molecule has 9 heavy (non-hydrogen) atoms. The molecule has 1 aliphatic carbocycles. The van der Waals surface area contributed by atoms with Gasteiger partial charge in [0.05, 0.1) is 12.6 Å². The van der Waals surface area contributed by atoms with Gasteiger partial charge < -0.3 is 5.32 Å². The number of hydrogen-bond acceptors (Lipinski definition) is 0. The second kappa shape index (κ2) is 2.30. The summed E-state index contributed by atoms with van der Waals surface area (Å²) >= 11 is 0. The van der Waals surface area contributed by atoms with Crippen molar-refractivity contribution >= 4 is 0 Å². The molecule has 2 N–H and O–H groups in total. The van der Waals surface area contributed by atoms with Crippen molar-refractivity contribution < 1.29 is 5.32 Å². The van der Waals surface area contributed by atoms with E-state index in [1.54, 1.807) is 0 Å². The Bertz CT molecular complexity index is 88.7. The Morgan fingerprint density at radius 3 is 2.78 bits per heavy atom. The van der Waals surface area contributed by atoms with E-state index >= 15 is 0 Å². The maximum atomic E-state index is 2.57. The van der Waals surface area contributed by atoms with E-state index in [0.717, 1.165) is 12.0 Å². The molecule has 2 atom stereocenters. The zero-order valence-corrected chi connectivity index (χ0v) is 5.97. The average Bonchev–Trinajstić information content (AvgIpc) is 2.33. The zero-order chi connectivity index (χ0) is 6.10. The minimum absolute atomic E-state index is 1.04. The molecule has 0 aromatic heterocycles. The van der Waals surface area contributed by atoms with Crippen LogP contribution in [0.3, 0.4) is 0 Å². The Morgan fingerprint density at radius 1 is 1.00 bits per heavy atom. The normalized spacial score (nSPS) is 42.7. The Kier molecular flexibility index (Phi) is 1.46. The number of fused-ring (bicyclic) bond motifs is 1. The molecule has 2 aliphatic rings. The lowest BCUT2D eigenvalue weighted by Gasteiger charge is -2.22. The monoisotopic (exact) mass is 126 g/mol. The lowest BCUT2D eigenvalue weighted by molar-refractivity contribution is -0.702. The Balaban J connectivity index is 1.97. The summed E-state index contributed by atoms with van der Waals surface area (Å²) in [6.45, 7) is 1.40. The maximum absolute atomic E-state index is 2.57. The van der Waals surface area contributed by atoms with Crippen LogP contribution in [0.1, 0.15) is 32.1 Å². The van der Waals surface area contributed by atoms with Crippen LogP contribution in [0.4, 0.5) is 0 Å². The highest BCUT2D eigenvalue weighted by molar-refractivity contribution is 4.77. The highest BCUT2D eigenvalue weighted by Crippen LogP contribution is 2.28. The van der Waals surface area contributed by atoms with Crippen LogP contribution < -0.4 is 5.32 Å². The average molecular weight is 126 g/mol. The number of rotatable bonds is 0. The first-order valence-corrected chi connectivity index (χ1v) is 4.30. The summed E-state index contributed by atoms with van der Waals surface area (Å²) < 4.78 is 0. The van der Waals surface area contributed by atoms with E-state index < -0.39 is 0 Å². The van der Waals surface area contributed by atoms with Gasteiger partial charge in [-0.25, -0.2) is 0 Å². The molecule has 0 radical (unpaired) electrons. The molecule has 0 spiro atoms. The Morgan fingerprint density at radius 2 is 1.89 bits per heavy atom. The molecule has 1 nitrogen and oxygen atoms in total. The van der Waals surface area contributed by atoms with E-state index in [-0.39, 0.29) is 0 Å². The molecule has 1 heteroatoms. The summed E-state index contributed by atoms with van der Waals surface area (Å²) in [7, 11) is 0. The Labute approximate surface area is 56.8 Å². The van der Waals surface area contributed by atoms with E-state index in [1.807, 2.05) is 0 Å². The fraction of sp³-hybridized carbons (Fsp3) is 1.00. The van der Waals surface area contributed by atoms with Gasteiger partial charge in [-0.05, 0) is 32.1 Å². The van der Waals surface area contributed by atoms with E-state index in [2.05, 4.69) is 5.32 Å². The zero-order valence-electron chi connectivity index (χ0n) is 5.97. The predicted octanol–water partition coefficient (Wildman–Crippen LogP) is 0.512. The first-order valence-electron chi connectivity index (χ1n) is 4.30. The summed E-state index contributed by atoms with van der Waals surface area (Å²) in [5, 5.41) is 2.57. The lowest BCUT2D eigenvalue weighted by Crippen LogP contribution is -2.92. The molecule has 0 aromatic carbocycles. The van der Waals surface area contributed by atoms with Crippen LogP contribution >= 0.6 is 0 Å². The quantitative estimate of drug-likeness (QED) is 0.487. The lowest BCUT2D eigenvalue weighted by atomic mass is 9.94. The molecule has 2 fully saturated rings. The minimum atomic E-state index is 1.04. The molecule has 52 valence electrons. The topological polar surface area (TPSA) is 16.6 Å². The molecule has 2 rings (SSSR count). The largest absolute Gasteiger partial charge is 0.344 e. The van der Waals surface area contributed by atoms with Crippen molar-refractivity contribution in [3.8, 4) is 0 Å². The predicted molar refractivity (Wildman–Crippen MR) is 37.2 cm³/mol. The Hall–Kier alpha value is -0.0400. The molecule has 1 aliphatic heterocycles. The second-order valence-electron chi connectivity index (χ2n) is 3.52. The van der Waals surface area contributed by atoms with Gasteiger partial charge >= 0.3 is 0 Å². The minimum Gasteiger partial charge on any atom is -0.344 e. The van der Waals surface area contributed by atoms with Crippen molar-refractivity contribution in [3.05, 3.63) is 0 Å². The van der Waals surface area contributed by atoms with Crippen molar-refractivity contribution in [2.45, 2.75) is 38.1 Å². The van der Waals surface area contributed by atoms with Crippen LogP contribution in [0, 0.1) is 5.92 Å². The number of quaternary nitrogens is 1. The third-order valence-electron chi connectivity index (χ3n) is 2.97. The molecular formula is C8H16N+. The van der Waals surface area contributed by atoms with Crippen molar-refractivity contribution in [3.63, 3.8) is 0 Å². The van der Waals surface area contributed by atoms with Gasteiger partial charge in [-0.2, -0.15) is 0 Å². The number of piperidine rings is 1. The van der Waals surface area contributed by atoms with Crippen LogP contribution in [-0.2, 0) is 0 Å². The van der Waals surface area contributed by atoms with E-state index in [1.165, 1.54) is 38.6 Å². The highest BCUT2D eigenvalue weighted by atomic mass is 14.9. The molecule has 0 aromatic rings. The molecule has 0 amide bonds. The maximum Gasteiger partial charge on any atom is 0.0887 e. The molecule has 1 saturated heterocycles. The SMILES string of the molecule is C1C[NH2+][C@H]2CCC[C@@H]2C1. The van der Waals surface area contributed by atoms with E-state index in [0.29, 0.717) is 0 Å². The van der Waals surface area contributed by atoms with Crippen molar-refractivity contribution in [1.82, 2.24) is 0 Å². The molecule has 0 unspecified atom stereocenters. The number of hydrogen-bond donors (Lipinski definition) is 1. The van der Waals surface area contributed by atoms with Crippen LogP contribution in [0.5, 0.6) is 0 Å². The van der Waals surface area contributed by atoms with Crippen molar-refractivity contribution in [1.29, 1.82) is 0 Å². The summed E-state index contributed by atoms with van der Waals surface area (Å²) in [4.78, 5) is 0. The van der Waals surface area contributed by atoms with Crippen LogP contribution in [0.2, 0.25) is 0 Å². The molecule has 0 bridgehead atoms. The van der Waals surface area contributed by atoms with Gasteiger partial charge in [0.2, 0.25) is 0 Å². The molecular weight excluding hydrogens is 110 g/mol. The van der Waals surface area contributed by atoms with Gasteiger partial charge in [-0.15, -0.1) is 0 Å². The van der Waals surface area contributed by atoms with E-state index in [9.17, 15) is 0 Å². The van der Waals surface area contributed by atoms with Gasteiger partial charge in [0.15, 0.2) is 0 Å².